The van der Waals surface area contributed by atoms with Crippen molar-refractivity contribution in [2.45, 2.75) is 20.4 Å². The predicted molar refractivity (Wildman–Crippen MR) is 127 cm³/mol. The first-order chi connectivity index (χ1) is 15.8. The molecule has 8 nitrogen and oxygen atoms in total. The summed E-state index contributed by atoms with van der Waals surface area (Å²) in [5, 5.41) is 3.61. The quantitative estimate of drug-likeness (QED) is 0.434. The summed E-state index contributed by atoms with van der Waals surface area (Å²) in [7, 11) is 0. The smallest absolute Gasteiger partial charge is 0.343 e. The van der Waals surface area contributed by atoms with Gasteiger partial charge in [0, 0.05) is 45.9 Å². The van der Waals surface area contributed by atoms with Crippen molar-refractivity contribution in [2.75, 3.05) is 11.9 Å². The molecule has 2 aromatic heterocycles. The van der Waals surface area contributed by atoms with Gasteiger partial charge in [0.1, 0.15) is 11.1 Å². The summed E-state index contributed by atoms with van der Waals surface area (Å²) in [4.78, 5) is 53.7. The Balaban J connectivity index is 1.75. The van der Waals surface area contributed by atoms with Gasteiger partial charge < -0.3 is 19.6 Å². The minimum Gasteiger partial charge on any atom is -0.462 e. The number of carbonyl (C=O) groups excluding carboxylic acids is 2. The van der Waals surface area contributed by atoms with Crippen LogP contribution >= 0.6 is 11.6 Å². The Hall–Kier alpha value is -3.91. The van der Waals surface area contributed by atoms with Crippen LogP contribution in [0.4, 0.5) is 5.69 Å². The van der Waals surface area contributed by atoms with Crippen LogP contribution in [0.15, 0.2) is 58.4 Å². The Bertz CT molecular complexity index is 1540. The number of anilines is 1. The lowest BCUT2D eigenvalue weighted by molar-refractivity contribution is 0.0524. The Labute approximate surface area is 192 Å². The number of esters is 1. The highest BCUT2D eigenvalue weighted by atomic mass is 35.5. The third-order valence-corrected chi connectivity index (χ3v) is 5.50. The van der Waals surface area contributed by atoms with Crippen molar-refractivity contribution in [3.63, 3.8) is 0 Å². The first-order valence-electron chi connectivity index (χ1n) is 10.3. The van der Waals surface area contributed by atoms with Gasteiger partial charge in [0.2, 0.25) is 10.9 Å². The number of aromatic amines is 1. The van der Waals surface area contributed by atoms with Crippen molar-refractivity contribution in [3.8, 4) is 0 Å². The summed E-state index contributed by atoms with van der Waals surface area (Å²) in [6, 6.07) is 9.61. The lowest BCUT2D eigenvalue weighted by Crippen LogP contribution is -2.24. The number of fused-ring (bicyclic) bond motifs is 2. The van der Waals surface area contributed by atoms with Crippen molar-refractivity contribution in [3.05, 3.63) is 85.4 Å². The molecular formula is C24H20ClN3O5. The molecule has 0 bridgehead atoms. The summed E-state index contributed by atoms with van der Waals surface area (Å²) in [5.41, 5.74) is 0.301. The molecule has 2 heterocycles. The van der Waals surface area contributed by atoms with Gasteiger partial charge in [-0.05, 0) is 50.2 Å². The van der Waals surface area contributed by atoms with Crippen LogP contribution < -0.4 is 16.2 Å². The number of halogens is 1. The Kier molecular flexibility index (Phi) is 6.02. The van der Waals surface area contributed by atoms with Gasteiger partial charge in [-0.2, -0.15) is 0 Å². The molecule has 0 fully saturated rings. The van der Waals surface area contributed by atoms with Gasteiger partial charge in [-0.1, -0.05) is 11.6 Å². The monoisotopic (exact) mass is 465 g/mol. The Morgan fingerprint density at radius 1 is 1.03 bits per heavy atom. The summed E-state index contributed by atoms with van der Waals surface area (Å²) in [5.74, 6) is -1.36. The van der Waals surface area contributed by atoms with Gasteiger partial charge in [-0.15, -0.1) is 0 Å². The van der Waals surface area contributed by atoms with Crippen LogP contribution in [0.1, 0.15) is 34.6 Å². The number of nitrogens with one attached hydrogen (secondary N) is 2. The van der Waals surface area contributed by atoms with E-state index >= 15 is 0 Å². The summed E-state index contributed by atoms with van der Waals surface area (Å²) in [6.07, 6.45) is 2.80. The number of benzene rings is 2. The van der Waals surface area contributed by atoms with Crippen molar-refractivity contribution >= 4 is 51.0 Å². The molecule has 2 N–H and O–H groups in total. The molecule has 2 aromatic carbocycles. The molecule has 0 spiro atoms. The van der Waals surface area contributed by atoms with Crippen molar-refractivity contribution in [1.82, 2.24) is 9.55 Å². The number of amides is 1. The van der Waals surface area contributed by atoms with Gasteiger partial charge in [0.25, 0.3) is 5.91 Å². The number of hydrogen-bond donors (Lipinski definition) is 2. The molecule has 4 rings (SSSR count). The number of H-pyrrole nitrogens is 1. The molecule has 0 saturated heterocycles. The van der Waals surface area contributed by atoms with E-state index in [1.165, 1.54) is 24.5 Å². The van der Waals surface area contributed by atoms with Crippen LogP contribution in [-0.4, -0.2) is 28.0 Å². The SMILES string of the molecule is CCOC(=O)c1c[nH]c2ccc(NC(=O)c3cn(CC)c4ccc(Cl)cc4c3=O)cc2c1=O. The number of rotatable bonds is 5. The molecule has 0 unspecified atom stereocenters. The minimum absolute atomic E-state index is 0.0547. The largest absolute Gasteiger partial charge is 0.462 e. The molecule has 168 valence electrons. The summed E-state index contributed by atoms with van der Waals surface area (Å²) >= 11 is 6.06. The van der Waals surface area contributed by atoms with E-state index in [1.807, 2.05) is 6.92 Å². The van der Waals surface area contributed by atoms with E-state index in [0.29, 0.717) is 33.7 Å². The van der Waals surface area contributed by atoms with Gasteiger partial charge in [0.05, 0.1) is 12.1 Å². The van der Waals surface area contributed by atoms with Gasteiger partial charge in [-0.3, -0.25) is 14.4 Å². The molecule has 9 heteroatoms. The highest BCUT2D eigenvalue weighted by Gasteiger charge is 2.18. The molecule has 0 atom stereocenters. The van der Waals surface area contributed by atoms with Gasteiger partial charge in [-0.25, -0.2) is 4.79 Å². The van der Waals surface area contributed by atoms with E-state index in [9.17, 15) is 19.2 Å². The first kappa shape index (κ1) is 22.3. The zero-order valence-electron chi connectivity index (χ0n) is 17.9. The maximum atomic E-state index is 13.0. The Morgan fingerprint density at radius 3 is 2.52 bits per heavy atom. The second kappa shape index (κ2) is 8.91. The third kappa shape index (κ3) is 4.12. The van der Waals surface area contributed by atoms with E-state index < -0.39 is 22.7 Å². The second-order valence-corrected chi connectivity index (χ2v) is 7.72. The van der Waals surface area contributed by atoms with E-state index in [2.05, 4.69) is 10.3 Å². The number of aryl methyl sites for hydroxylation is 1. The van der Waals surface area contributed by atoms with Gasteiger partial charge >= 0.3 is 5.97 Å². The van der Waals surface area contributed by atoms with E-state index in [-0.39, 0.29) is 23.1 Å². The van der Waals surface area contributed by atoms with Crippen LogP contribution in [0, 0.1) is 0 Å². The molecule has 33 heavy (non-hydrogen) atoms. The second-order valence-electron chi connectivity index (χ2n) is 7.29. The van der Waals surface area contributed by atoms with Crippen LogP contribution in [0.3, 0.4) is 0 Å². The predicted octanol–water partition coefficient (Wildman–Crippen LogP) is 3.95. The zero-order valence-corrected chi connectivity index (χ0v) is 18.7. The average molecular weight is 466 g/mol. The summed E-state index contributed by atoms with van der Waals surface area (Å²) < 4.78 is 6.70. The molecule has 0 aliphatic rings. The lowest BCUT2D eigenvalue weighted by atomic mass is 10.1. The number of nitrogens with zero attached hydrogens (tertiary/aromatic N) is 1. The molecule has 0 radical (unpaired) electrons. The van der Waals surface area contributed by atoms with Crippen molar-refractivity contribution in [1.29, 1.82) is 0 Å². The van der Waals surface area contributed by atoms with E-state index in [0.717, 1.165) is 0 Å². The minimum atomic E-state index is -0.731. The van der Waals surface area contributed by atoms with Crippen LogP contribution in [0.25, 0.3) is 21.8 Å². The molecule has 4 aromatic rings. The van der Waals surface area contributed by atoms with Crippen molar-refractivity contribution < 1.29 is 14.3 Å². The fraction of sp³-hybridized carbons (Fsp3) is 0.167. The van der Waals surface area contributed by atoms with Crippen LogP contribution in [0.2, 0.25) is 5.02 Å². The molecule has 0 saturated carbocycles. The fourth-order valence-corrected chi connectivity index (χ4v) is 3.82. The maximum absolute atomic E-state index is 13.0. The fourth-order valence-electron chi connectivity index (χ4n) is 3.65. The number of aromatic nitrogens is 2. The third-order valence-electron chi connectivity index (χ3n) is 5.26. The molecular weight excluding hydrogens is 446 g/mol. The molecule has 1 amide bonds. The number of ether oxygens (including phenoxy) is 1. The highest BCUT2D eigenvalue weighted by Crippen LogP contribution is 2.19. The highest BCUT2D eigenvalue weighted by molar-refractivity contribution is 6.31. The van der Waals surface area contributed by atoms with Gasteiger partial charge in [0.15, 0.2) is 0 Å². The number of carbonyl (C=O) groups is 2. The number of hydrogen-bond acceptors (Lipinski definition) is 5. The van der Waals surface area contributed by atoms with Crippen molar-refractivity contribution in [2.24, 2.45) is 0 Å². The van der Waals surface area contributed by atoms with Crippen LogP contribution in [0.5, 0.6) is 0 Å². The number of pyridine rings is 2. The standard InChI is InChI=1S/C24H20ClN3O5/c1-3-28-12-18(22(30)16-9-13(25)5-8-20(16)28)23(31)27-14-6-7-19-15(10-14)21(29)17(11-26-19)24(32)33-4-2/h5-12H,3-4H2,1-2H3,(H,26,29)(H,27,31). The normalized spacial score (nSPS) is 11.0. The average Bonchev–Trinajstić information content (AvgIpc) is 2.80. The molecule has 0 aliphatic heterocycles. The topological polar surface area (TPSA) is 110 Å². The summed E-state index contributed by atoms with van der Waals surface area (Å²) in [6.45, 7) is 4.23. The lowest BCUT2D eigenvalue weighted by Gasteiger charge is -2.12. The van der Waals surface area contributed by atoms with E-state index in [1.54, 1.807) is 35.8 Å². The van der Waals surface area contributed by atoms with E-state index in [4.69, 9.17) is 16.3 Å². The maximum Gasteiger partial charge on any atom is 0.343 e. The zero-order chi connectivity index (χ0) is 23.7. The Morgan fingerprint density at radius 2 is 1.79 bits per heavy atom. The first-order valence-corrected chi connectivity index (χ1v) is 10.7. The van der Waals surface area contributed by atoms with Crippen LogP contribution in [-0.2, 0) is 11.3 Å². The molecule has 0 aliphatic carbocycles.